The number of H-pyrrole nitrogens is 1. The van der Waals surface area contributed by atoms with Gasteiger partial charge in [0.25, 0.3) is 0 Å². The first-order valence-electron chi connectivity index (χ1n) is 7.86. The van der Waals surface area contributed by atoms with E-state index in [-0.39, 0.29) is 0 Å². The maximum Gasteiger partial charge on any atom is 0.192 e. The van der Waals surface area contributed by atoms with Crippen molar-refractivity contribution in [3.8, 4) is 23.0 Å². The molecule has 24 heavy (non-hydrogen) atoms. The number of aryl methyl sites for hydroxylation is 1. The Morgan fingerprint density at radius 1 is 1.21 bits per heavy atom. The van der Waals surface area contributed by atoms with Crippen molar-refractivity contribution in [2.75, 3.05) is 43.9 Å². The third kappa shape index (κ3) is 2.42. The monoisotopic (exact) mass is 328 g/mol. The number of nitrogen functional groups attached to an aromatic ring is 1. The van der Waals surface area contributed by atoms with Crippen LogP contribution in [-0.2, 0) is 7.05 Å². The van der Waals surface area contributed by atoms with Gasteiger partial charge in [0.2, 0.25) is 0 Å². The highest BCUT2D eigenvalue weighted by atomic mass is 16.3. The summed E-state index contributed by atoms with van der Waals surface area (Å²) < 4.78 is 7.17. The predicted molar refractivity (Wildman–Crippen MR) is 90.4 cm³/mol. The molecule has 1 aliphatic heterocycles. The van der Waals surface area contributed by atoms with Crippen molar-refractivity contribution in [1.29, 1.82) is 0 Å². The van der Waals surface area contributed by atoms with Gasteiger partial charge in [-0.1, -0.05) is 0 Å². The maximum absolute atomic E-state index is 6.15. The molecule has 0 bridgehead atoms. The number of aromatic nitrogens is 5. The molecule has 0 amide bonds. The van der Waals surface area contributed by atoms with Crippen molar-refractivity contribution in [2.24, 2.45) is 7.05 Å². The first kappa shape index (κ1) is 14.8. The second-order valence-electron chi connectivity index (χ2n) is 5.98. The van der Waals surface area contributed by atoms with E-state index in [9.17, 15) is 0 Å². The van der Waals surface area contributed by atoms with E-state index in [0.29, 0.717) is 23.2 Å². The molecule has 0 saturated carbocycles. The van der Waals surface area contributed by atoms with Gasteiger partial charge in [0.05, 0.1) is 6.26 Å². The minimum absolute atomic E-state index is 0.427. The van der Waals surface area contributed by atoms with Crippen LogP contribution >= 0.6 is 0 Å². The zero-order chi connectivity index (χ0) is 16.7. The number of hydrogen-bond acceptors (Lipinski definition) is 7. The Hall–Kier alpha value is -2.81. The summed E-state index contributed by atoms with van der Waals surface area (Å²) in [7, 11) is 4.02. The van der Waals surface area contributed by atoms with Crippen molar-refractivity contribution in [2.45, 2.75) is 0 Å². The lowest BCUT2D eigenvalue weighted by Crippen LogP contribution is -2.45. The standard InChI is InChI=1S/C15H20N8O/c1-21-5-7-23(8-6-21)15-11(12(16)20-22(15)2)14-17-13(18-19-14)10-4-3-9-24-10/h3-4,9H,5-8H2,1-2H3,(H2,16,20)(H,17,18,19). The predicted octanol–water partition coefficient (Wildman–Crippen LogP) is 0.799. The second-order valence-corrected chi connectivity index (χ2v) is 5.98. The Morgan fingerprint density at radius 2 is 2.00 bits per heavy atom. The van der Waals surface area contributed by atoms with Gasteiger partial charge in [-0.05, 0) is 19.2 Å². The van der Waals surface area contributed by atoms with Gasteiger partial charge in [0.1, 0.15) is 11.4 Å². The third-order valence-corrected chi connectivity index (χ3v) is 4.31. The maximum atomic E-state index is 6.15. The van der Waals surface area contributed by atoms with Crippen LogP contribution in [0.2, 0.25) is 0 Å². The van der Waals surface area contributed by atoms with Crippen LogP contribution < -0.4 is 10.6 Å². The number of piperazine rings is 1. The minimum Gasteiger partial charge on any atom is -0.461 e. The number of hydrogen-bond donors (Lipinski definition) is 2. The van der Waals surface area contributed by atoms with Crippen LogP contribution in [0.3, 0.4) is 0 Å². The molecule has 0 atom stereocenters. The summed E-state index contributed by atoms with van der Waals surface area (Å²) in [5, 5.41) is 11.6. The van der Waals surface area contributed by atoms with Crippen molar-refractivity contribution in [3.63, 3.8) is 0 Å². The molecule has 0 radical (unpaired) electrons. The highest BCUT2D eigenvalue weighted by molar-refractivity contribution is 5.82. The summed E-state index contributed by atoms with van der Waals surface area (Å²) in [4.78, 5) is 9.12. The van der Waals surface area contributed by atoms with E-state index in [2.05, 4.69) is 37.1 Å². The molecule has 4 rings (SSSR count). The fourth-order valence-corrected chi connectivity index (χ4v) is 3.03. The zero-order valence-corrected chi connectivity index (χ0v) is 13.7. The number of anilines is 2. The molecule has 126 valence electrons. The summed E-state index contributed by atoms with van der Waals surface area (Å²) in [6.07, 6.45) is 1.60. The SMILES string of the molecule is CN1CCN(c2c(-c3n[nH]c(-c4ccco4)n3)c(N)nn2C)CC1. The summed E-state index contributed by atoms with van der Waals surface area (Å²) >= 11 is 0. The van der Waals surface area contributed by atoms with Gasteiger partial charge in [0, 0.05) is 33.2 Å². The zero-order valence-electron chi connectivity index (χ0n) is 13.7. The quantitative estimate of drug-likeness (QED) is 0.732. The number of furan rings is 1. The lowest BCUT2D eigenvalue weighted by Gasteiger charge is -2.34. The van der Waals surface area contributed by atoms with Crippen LogP contribution in [0.4, 0.5) is 11.6 Å². The minimum atomic E-state index is 0.427. The van der Waals surface area contributed by atoms with Crippen LogP contribution in [-0.4, -0.2) is 63.1 Å². The van der Waals surface area contributed by atoms with Crippen LogP contribution in [0.25, 0.3) is 23.0 Å². The molecule has 1 aliphatic rings. The first-order valence-corrected chi connectivity index (χ1v) is 7.86. The number of likely N-dealkylation sites (N-methyl/N-ethyl adjacent to an activating group) is 1. The summed E-state index contributed by atoms with van der Waals surface area (Å²) in [6.45, 7) is 3.82. The van der Waals surface area contributed by atoms with Crippen LogP contribution in [0.1, 0.15) is 0 Å². The van der Waals surface area contributed by atoms with Crippen molar-refractivity contribution < 1.29 is 4.42 Å². The van der Waals surface area contributed by atoms with E-state index < -0.39 is 0 Å². The Labute approximate surface area is 139 Å². The Bertz CT molecular complexity index is 826. The highest BCUT2D eigenvalue weighted by Gasteiger charge is 2.26. The van der Waals surface area contributed by atoms with Crippen molar-refractivity contribution in [1.82, 2.24) is 29.9 Å². The van der Waals surface area contributed by atoms with E-state index in [1.807, 2.05) is 19.2 Å². The molecular weight excluding hydrogens is 308 g/mol. The number of aromatic amines is 1. The van der Waals surface area contributed by atoms with Crippen LogP contribution in [0, 0.1) is 0 Å². The van der Waals surface area contributed by atoms with E-state index in [4.69, 9.17) is 10.2 Å². The molecule has 1 saturated heterocycles. The average molecular weight is 328 g/mol. The topological polar surface area (TPSA) is 105 Å². The molecule has 9 heteroatoms. The van der Waals surface area contributed by atoms with Crippen molar-refractivity contribution in [3.05, 3.63) is 18.4 Å². The van der Waals surface area contributed by atoms with Gasteiger partial charge in [-0.25, -0.2) is 9.67 Å². The molecule has 4 heterocycles. The Morgan fingerprint density at radius 3 is 2.71 bits per heavy atom. The fraction of sp³-hybridized carbons (Fsp3) is 0.400. The van der Waals surface area contributed by atoms with Crippen LogP contribution in [0.15, 0.2) is 22.8 Å². The number of nitrogens with one attached hydrogen (secondary N) is 1. The molecule has 3 aromatic heterocycles. The van der Waals surface area contributed by atoms with Crippen molar-refractivity contribution >= 4 is 11.6 Å². The number of nitrogens with two attached hydrogens (primary N) is 1. The summed E-state index contributed by atoms with van der Waals surface area (Å²) in [5.41, 5.74) is 6.91. The molecule has 0 unspecified atom stereocenters. The van der Waals surface area contributed by atoms with Crippen LogP contribution in [0.5, 0.6) is 0 Å². The van der Waals surface area contributed by atoms with Gasteiger partial charge >= 0.3 is 0 Å². The van der Waals surface area contributed by atoms with E-state index in [1.165, 1.54) is 0 Å². The normalized spacial score (nSPS) is 16.0. The van der Waals surface area contributed by atoms with Gasteiger partial charge in [-0.3, -0.25) is 5.10 Å². The van der Waals surface area contributed by atoms with Gasteiger partial charge in [-0.2, -0.15) is 10.2 Å². The molecule has 9 nitrogen and oxygen atoms in total. The van der Waals surface area contributed by atoms with E-state index in [0.717, 1.165) is 37.6 Å². The largest absolute Gasteiger partial charge is 0.461 e. The van der Waals surface area contributed by atoms with E-state index >= 15 is 0 Å². The molecular formula is C15H20N8O. The molecule has 1 fully saturated rings. The molecule has 3 aromatic rings. The van der Waals surface area contributed by atoms with Gasteiger partial charge < -0.3 is 20.0 Å². The fourth-order valence-electron chi connectivity index (χ4n) is 3.03. The molecule has 0 spiro atoms. The average Bonchev–Trinajstić information content (AvgIpc) is 3.28. The lowest BCUT2D eigenvalue weighted by atomic mass is 10.2. The Balaban J connectivity index is 1.73. The van der Waals surface area contributed by atoms with Gasteiger partial charge in [0.15, 0.2) is 23.2 Å². The third-order valence-electron chi connectivity index (χ3n) is 4.31. The number of nitrogens with zero attached hydrogens (tertiary/aromatic N) is 6. The smallest absolute Gasteiger partial charge is 0.192 e. The van der Waals surface area contributed by atoms with E-state index in [1.54, 1.807) is 10.9 Å². The summed E-state index contributed by atoms with van der Waals surface area (Å²) in [5.74, 6) is 3.11. The highest BCUT2D eigenvalue weighted by Crippen LogP contribution is 2.34. The molecule has 0 aliphatic carbocycles. The Kier molecular flexibility index (Phi) is 3.49. The number of rotatable bonds is 3. The summed E-state index contributed by atoms with van der Waals surface area (Å²) in [6, 6.07) is 3.64. The second kappa shape index (κ2) is 5.68. The molecule has 3 N–H and O–H groups in total. The first-order chi connectivity index (χ1) is 11.6. The lowest BCUT2D eigenvalue weighted by molar-refractivity contribution is 0.311. The van der Waals surface area contributed by atoms with Gasteiger partial charge in [-0.15, -0.1) is 0 Å². The molecule has 0 aromatic carbocycles.